The summed E-state index contributed by atoms with van der Waals surface area (Å²) in [6.07, 6.45) is 0. The van der Waals surface area contributed by atoms with Gasteiger partial charge in [0.05, 0.1) is 0 Å². The van der Waals surface area contributed by atoms with Crippen molar-refractivity contribution in [3.63, 3.8) is 0 Å². The largest absolute Gasteiger partial charge is 0.368 e. The van der Waals surface area contributed by atoms with E-state index in [1.807, 2.05) is 42.5 Å². The number of amides is 2. The van der Waals surface area contributed by atoms with Gasteiger partial charge in [-0.05, 0) is 61.0 Å². The van der Waals surface area contributed by atoms with E-state index < -0.39 is 0 Å². The summed E-state index contributed by atoms with van der Waals surface area (Å²) in [7, 11) is 0. The smallest absolute Gasteiger partial charge is 0.323 e. The van der Waals surface area contributed by atoms with E-state index in [0.717, 1.165) is 37.6 Å². The van der Waals surface area contributed by atoms with Crippen LogP contribution in [-0.4, -0.2) is 32.2 Å². The molecule has 3 aromatic rings. The van der Waals surface area contributed by atoms with Crippen LogP contribution in [0.15, 0.2) is 78.9 Å². The number of rotatable bonds is 4. The number of nitrogens with zero attached hydrogens (tertiary/aromatic N) is 2. The number of anilines is 4. The van der Waals surface area contributed by atoms with Gasteiger partial charge in [-0.1, -0.05) is 30.3 Å². The van der Waals surface area contributed by atoms with Crippen LogP contribution in [0.5, 0.6) is 0 Å². The molecular formula is C24H26N4O. The number of hydrogen-bond donors (Lipinski definition) is 2. The van der Waals surface area contributed by atoms with Gasteiger partial charge in [-0.3, -0.25) is 0 Å². The van der Waals surface area contributed by atoms with Crippen LogP contribution < -0.4 is 20.4 Å². The quantitative estimate of drug-likeness (QED) is 0.666. The lowest BCUT2D eigenvalue weighted by Crippen LogP contribution is -2.46. The van der Waals surface area contributed by atoms with Gasteiger partial charge in [0.1, 0.15) is 0 Å². The minimum absolute atomic E-state index is 0.240. The first-order valence-electron chi connectivity index (χ1n) is 9.97. The average Bonchev–Trinajstić information content (AvgIpc) is 2.75. The predicted octanol–water partition coefficient (Wildman–Crippen LogP) is 4.97. The fraction of sp³-hybridized carbons (Fsp3) is 0.208. The fourth-order valence-electron chi connectivity index (χ4n) is 3.62. The maximum atomic E-state index is 12.1. The van der Waals surface area contributed by atoms with Crippen LogP contribution >= 0.6 is 0 Å². The second-order valence-electron chi connectivity index (χ2n) is 7.31. The molecule has 148 valence electrons. The van der Waals surface area contributed by atoms with Crippen LogP contribution in [0.2, 0.25) is 0 Å². The molecule has 0 aromatic heterocycles. The molecule has 0 unspecified atom stereocenters. The minimum Gasteiger partial charge on any atom is -0.368 e. The van der Waals surface area contributed by atoms with E-state index >= 15 is 0 Å². The summed E-state index contributed by atoms with van der Waals surface area (Å²) in [5, 5.41) is 5.70. The van der Waals surface area contributed by atoms with E-state index in [1.165, 1.54) is 16.9 Å². The van der Waals surface area contributed by atoms with Crippen molar-refractivity contribution in [2.75, 3.05) is 46.6 Å². The Morgan fingerprint density at radius 1 is 0.690 bits per heavy atom. The lowest BCUT2D eigenvalue weighted by molar-refractivity contribution is 0.262. The number of benzene rings is 3. The zero-order chi connectivity index (χ0) is 20.1. The first kappa shape index (κ1) is 18.9. The van der Waals surface area contributed by atoms with E-state index in [4.69, 9.17) is 0 Å². The number of carbonyl (C=O) groups is 1. The highest BCUT2D eigenvalue weighted by Gasteiger charge is 2.17. The Morgan fingerprint density at radius 2 is 1.28 bits per heavy atom. The highest BCUT2D eigenvalue weighted by atomic mass is 16.2. The van der Waals surface area contributed by atoms with E-state index in [-0.39, 0.29) is 6.03 Å². The van der Waals surface area contributed by atoms with Crippen LogP contribution in [0.3, 0.4) is 0 Å². The standard InChI is InChI=1S/C24H26N4O/c1-19-6-5-9-23(18-19)28-16-14-27(15-17-28)22-12-10-21(11-13-22)26-24(29)25-20-7-3-2-4-8-20/h2-13,18H,14-17H2,1H3,(H2,25,26,29). The molecule has 3 aromatic carbocycles. The minimum atomic E-state index is -0.240. The van der Waals surface area contributed by atoms with Gasteiger partial charge < -0.3 is 20.4 Å². The Labute approximate surface area is 172 Å². The summed E-state index contributed by atoms with van der Waals surface area (Å²) in [4.78, 5) is 17.0. The first-order chi connectivity index (χ1) is 14.2. The highest BCUT2D eigenvalue weighted by Crippen LogP contribution is 2.23. The van der Waals surface area contributed by atoms with Gasteiger partial charge in [-0.2, -0.15) is 0 Å². The van der Waals surface area contributed by atoms with Gasteiger partial charge in [0.15, 0.2) is 0 Å². The Morgan fingerprint density at radius 3 is 1.90 bits per heavy atom. The summed E-state index contributed by atoms with van der Waals surface area (Å²) in [5.41, 5.74) is 5.33. The molecule has 0 spiro atoms. The van der Waals surface area contributed by atoms with Crippen molar-refractivity contribution in [2.45, 2.75) is 6.92 Å². The second kappa shape index (κ2) is 8.69. The van der Waals surface area contributed by atoms with Crippen molar-refractivity contribution in [1.82, 2.24) is 0 Å². The van der Waals surface area contributed by atoms with Crippen LogP contribution in [0, 0.1) is 6.92 Å². The zero-order valence-electron chi connectivity index (χ0n) is 16.6. The summed E-state index contributed by atoms with van der Waals surface area (Å²) in [6, 6.07) is 25.9. The Bertz CT molecular complexity index is 948. The molecule has 1 aliphatic rings. The molecule has 1 saturated heterocycles. The van der Waals surface area contributed by atoms with E-state index in [0.29, 0.717) is 0 Å². The van der Waals surface area contributed by atoms with Gasteiger partial charge in [0, 0.05) is 48.9 Å². The lowest BCUT2D eigenvalue weighted by atomic mass is 10.2. The van der Waals surface area contributed by atoms with Crippen molar-refractivity contribution in [1.29, 1.82) is 0 Å². The Hall–Kier alpha value is -3.47. The fourth-order valence-corrected chi connectivity index (χ4v) is 3.62. The predicted molar refractivity (Wildman–Crippen MR) is 121 cm³/mol. The number of urea groups is 1. The molecule has 4 rings (SSSR count). The normalized spacial score (nSPS) is 13.8. The van der Waals surface area contributed by atoms with Crippen molar-refractivity contribution in [3.05, 3.63) is 84.4 Å². The summed E-state index contributed by atoms with van der Waals surface area (Å²) in [6.45, 7) is 6.10. The van der Waals surface area contributed by atoms with E-state index in [9.17, 15) is 4.79 Å². The third-order valence-corrected chi connectivity index (χ3v) is 5.17. The zero-order valence-corrected chi connectivity index (χ0v) is 16.6. The molecule has 0 aliphatic carbocycles. The van der Waals surface area contributed by atoms with Gasteiger partial charge in [0.2, 0.25) is 0 Å². The number of piperazine rings is 1. The van der Waals surface area contributed by atoms with Crippen LogP contribution in [0.1, 0.15) is 5.56 Å². The van der Waals surface area contributed by atoms with Gasteiger partial charge in [0.25, 0.3) is 0 Å². The van der Waals surface area contributed by atoms with Gasteiger partial charge >= 0.3 is 6.03 Å². The molecular weight excluding hydrogens is 360 g/mol. The topological polar surface area (TPSA) is 47.6 Å². The molecule has 0 atom stereocenters. The molecule has 2 N–H and O–H groups in total. The molecule has 5 heteroatoms. The molecule has 2 amide bonds. The second-order valence-corrected chi connectivity index (χ2v) is 7.31. The number of para-hydroxylation sites is 1. The average molecular weight is 386 g/mol. The maximum Gasteiger partial charge on any atom is 0.323 e. The molecule has 0 saturated carbocycles. The summed E-state index contributed by atoms with van der Waals surface area (Å²) < 4.78 is 0. The highest BCUT2D eigenvalue weighted by molar-refractivity contribution is 5.99. The molecule has 0 radical (unpaired) electrons. The third kappa shape index (κ3) is 4.88. The molecule has 0 bridgehead atoms. The third-order valence-electron chi connectivity index (χ3n) is 5.17. The molecule has 1 aliphatic heterocycles. The number of hydrogen-bond acceptors (Lipinski definition) is 3. The van der Waals surface area contributed by atoms with Gasteiger partial charge in [-0.25, -0.2) is 4.79 Å². The number of nitrogens with one attached hydrogen (secondary N) is 2. The summed E-state index contributed by atoms with van der Waals surface area (Å²) in [5.74, 6) is 0. The first-order valence-corrected chi connectivity index (χ1v) is 9.97. The lowest BCUT2D eigenvalue weighted by Gasteiger charge is -2.37. The van der Waals surface area contributed by atoms with Crippen LogP contribution in [0.25, 0.3) is 0 Å². The Kier molecular flexibility index (Phi) is 5.66. The molecule has 5 nitrogen and oxygen atoms in total. The van der Waals surface area contributed by atoms with Crippen molar-refractivity contribution < 1.29 is 4.79 Å². The SMILES string of the molecule is Cc1cccc(N2CCN(c3ccc(NC(=O)Nc4ccccc4)cc3)CC2)c1. The van der Waals surface area contributed by atoms with Crippen molar-refractivity contribution >= 4 is 28.8 Å². The monoisotopic (exact) mass is 386 g/mol. The summed E-state index contributed by atoms with van der Waals surface area (Å²) >= 11 is 0. The van der Waals surface area contributed by atoms with Gasteiger partial charge in [-0.15, -0.1) is 0 Å². The number of aryl methyl sites for hydroxylation is 1. The molecule has 29 heavy (non-hydrogen) atoms. The maximum absolute atomic E-state index is 12.1. The molecule has 1 fully saturated rings. The Balaban J connectivity index is 1.31. The van der Waals surface area contributed by atoms with E-state index in [1.54, 1.807) is 0 Å². The number of carbonyl (C=O) groups excluding carboxylic acids is 1. The van der Waals surface area contributed by atoms with E-state index in [2.05, 4.69) is 63.8 Å². The van der Waals surface area contributed by atoms with Crippen molar-refractivity contribution in [3.8, 4) is 0 Å². The van der Waals surface area contributed by atoms with Crippen molar-refractivity contribution in [2.24, 2.45) is 0 Å². The molecule has 1 heterocycles. The van der Waals surface area contributed by atoms with Crippen LogP contribution in [0.4, 0.5) is 27.5 Å². The van der Waals surface area contributed by atoms with Crippen LogP contribution in [-0.2, 0) is 0 Å².